The molecule has 1 aromatic carbocycles. The Kier molecular flexibility index (Phi) is 4.33. The molecule has 1 aliphatic rings. The Labute approximate surface area is 108 Å². The zero-order valence-corrected chi connectivity index (χ0v) is 10.7. The second-order valence-corrected chi connectivity index (χ2v) is 4.68. The van der Waals surface area contributed by atoms with Crippen LogP contribution in [0.25, 0.3) is 0 Å². The summed E-state index contributed by atoms with van der Waals surface area (Å²) < 4.78 is 5.91. The molecule has 1 heterocycles. The zero-order chi connectivity index (χ0) is 13.0. The molecule has 98 valence electrons. The molecule has 0 saturated carbocycles. The summed E-state index contributed by atoms with van der Waals surface area (Å²) >= 11 is 0. The molecule has 18 heavy (non-hydrogen) atoms. The van der Waals surface area contributed by atoms with Crippen LogP contribution in [0, 0.1) is 0 Å². The van der Waals surface area contributed by atoms with Crippen LogP contribution in [0.15, 0.2) is 30.3 Å². The highest BCUT2D eigenvalue weighted by Crippen LogP contribution is 2.25. The minimum atomic E-state index is -0.0309. The molecule has 1 fully saturated rings. The standard InChI is InChI=1S/C14H20N2O2/c1-11-9-16(14(17)7-8-15)10-13(18-11)12-5-3-2-4-6-12/h2-6,11,13H,7-10,15H2,1H3/t11-,13-/m1/s1. The lowest BCUT2D eigenvalue weighted by atomic mass is 10.1. The number of amides is 1. The van der Waals surface area contributed by atoms with E-state index in [2.05, 4.69) is 0 Å². The number of nitrogens with two attached hydrogens (primary N) is 1. The van der Waals surface area contributed by atoms with Gasteiger partial charge in [0, 0.05) is 19.5 Å². The van der Waals surface area contributed by atoms with Crippen molar-refractivity contribution in [2.24, 2.45) is 5.73 Å². The molecule has 2 atom stereocenters. The van der Waals surface area contributed by atoms with Crippen LogP contribution in [0.3, 0.4) is 0 Å². The molecule has 1 aromatic rings. The van der Waals surface area contributed by atoms with Crippen LogP contribution in [0.1, 0.15) is 25.0 Å². The summed E-state index contributed by atoms with van der Waals surface area (Å²) in [5.41, 5.74) is 6.56. The van der Waals surface area contributed by atoms with Crippen LogP contribution < -0.4 is 5.73 Å². The van der Waals surface area contributed by atoms with Crippen molar-refractivity contribution in [3.8, 4) is 0 Å². The number of morpholine rings is 1. The third kappa shape index (κ3) is 3.09. The van der Waals surface area contributed by atoms with Crippen LogP contribution in [-0.4, -0.2) is 36.5 Å². The van der Waals surface area contributed by atoms with Gasteiger partial charge in [-0.2, -0.15) is 0 Å². The van der Waals surface area contributed by atoms with E-state index in [1.165, 1.54) is 0 Å². The first-order valence-electron chi connectivity index (χ1n) is 6.39. The highest BCUT2D eigenvalue weighted by molar-refractivity contribution is 5.76. The van der Waals surface area contributed by atoms with Crippen molar-refractivity contribution in [3.63, 3.8) is 0 Å². The van der Waals surface area contributed by atoms with Crippen molar-refractivity contribution in [1.29, 1.82) is 0 Å². The highest BCUT2D eigenvalue weighted by atomic mass is 16.5. The first kappa shape index (κ1) is 13.1. The Morgan fingerprint density at radius 2 is 2.11 bits per heavy atom. The van der Waals surface area contributed by atoms with Crippen LogP contribution in [-0.2, 0) is 9.53 Å². The number of hydrogen-bond acceptors (Lipinski definition) is 3. The van der Waals surface area contributed by atoms with Gasteiger partial charge in [-0.25, -0.2) is 0 Å². The van der Waals surface area contributed by atoms with Crippen molar-refractivity contribution >= 4 is 5.91 Å². The van der Waals surface area contributed by atoms with Crippen molar-refractivity contribution in [3.05, 3.63) is 35.9 Å². The second kappa shape index (κ2) is 5.98. The van der Waals surface area contributed by atoms with Crippen LogP contribution in [0.5, 0.6) is 0 Å². The number of nitrogens with zero attached hydrogens (tertiary/aromatic N) is 1. The van der Waals surface area contributed by atoms with Gasteiger partial charge in [-0.3, -0.25) is 4.79 Å². The Morgan fingerprint density at radius 1 is 1.39 bits per heavy atom. The minimum Gasteiger partial charge on any atom is -0.367 e. The van der Waals surface area contributed by atoms with Crippen molar-refractivity contribution in [1.82, 2.24) is 4.90 Å². The van der Waals surface area contributed by atoms with E-state index >= 15 is 0 Å². The summed E-state index contributed by atoms with van der Waals surface area (Å²) in [5.74, 6) is 0.119. The molecular formula is C14H20N2O2. The summed E-state index contributed by atoms with van der Waals surface area (Å²) in [6.45, 7) is 3.67. The molecule has 2 rings (SSSR count). The van der Waals surface area contributed by atoms with Gasteiger partial charge in [0.1, 0.15) is 6.10 Å². The van der Waals surface area contributed by atoms with E-state index in [0.29, 0.717) is 26.1 Å². The average molecular weight is 248 g/mol. The van der Waals surface area contributed by atoms with E-state index in [-0.39, 0.29) is 18.1 Å². The third-order valence-corrected chi connectivity index (χ3v) is 3.14. The van der Waals surface area contributed by atoms with Crippen molar-refractivity contribution < 1.29 is 9.53 Å². The van der Waals surface area contributed by atoms with E-state index < -0.39 is 0 Å². The zero-order valence-electron chi connectivity index (χ0n) is 10.7. The Bertz CT molecular complexity index is 394. The number of carbonyl (C=O) groups excluding carboxylic acids is 1. The third-order valence-electron chi connectivity index (χ3n) is 3.14. The second-order valence-electron chi connectivity index (χ2n) is 4.68. The quantitative estimate of drug-likeness (QED) is 0.878. The first-order chi connectivity index (χ1) is 8.70. The summed E-state index contributed by atoms with van der Waals surface area (Å²) in [5, 5.41) is 0. The predicted molar refractivity (Wildman–Crippen MR) is 70.0 cm³/mol. The molecule has 1 amide bonds. The fraction of sp³-hybridized carbons (Fsp3) is 0.500. The maximum absolute atomic E-state index is 11.9. The van der Waals surface area contributed by atoms with Gasteiger partial charge in [-0.1, -0.05) is 30.3 Å². The summed E-state index contributed by atoms with van der Waals surface area (Å²) in [4.78, 5) is 13.8. The summed E-state index contributed by atoms with van der Waals surface area (Å²) in [6, 6.07) is 10.0. The Balaban J connectivity index is 2.07. The normalized spacial score (nSPS) is 24.0. The lowest BCUT2D eigenvalue weighted by Gasteiger charge is -2.37. The van der Waals surface area contributed by atoms with Crippen LogP contribution in [0.4, 0.5) is 0 Å². The first-order valence-corrected chi connectivity index (χ1v) is 6.39. The number of hydrogen-bond donors (Lipinski definition) is 1. The Morgan fingerprint density at radius 3 is 2.78 bits per heavy atom. The lowest BCUT2D eigenvalue weighted by Crippen LogP contribution is -2.46. The van der Waals surface area contributed by atoms with Gasteiger partial charge in [-0.15, -0.1) is 0 Å². The van der Waals surface area contributed by atoms with Crippen LogP contribution >= 0.6 is 0 Å². The van der Waals surface area contributed by atoms with Gasteiger partial charge in [0.05, 0.1) is 12.6 Å². The molecule has 4 heteroatoms. The predicted octanol–water partition coefficient (Wildman–Crippen LogP) is 1.32. The fourth-order valence-corrected chi connectivity index (χ4v) is 2.29. The summed E-state index contributed by atoms with van der Waals surface area (Å²) in [7, 11) is 0. The number of rotatable bonds is 3. The van der Waals surface area contributed by atoms with E-state index in [1.807, 2.05) is 42.2 Å². The van der Waals surface area contributed by atoms with Gasteiger partial charge in [-0.05, 0) is 12.5 Å². The Hall–Kier alpha value is -1.39. The van der Waals surface area contributed by atoms with E-state index in [1.54, 1.807) is 0 Å². The number of carbonyl (C=O) groups is 1. The van der Waals surface area contributed by atoms with Gasteiger partial charge in [0.2, 0.25) is 5.91 Å². The molecule has 0 bridgehead atoms. The average Bonchev–Trinajstić information content (AvgIpc) is 2.39. The molecule has 0 aliphatic carbocycles. The lowest BCUT2D eigenvalue weighted by molar-refractivity contribution is -0.144. The van der Waals surface area contributed by atoms with Crippen molar-refractivity contribution in [2.45, 2.75) is 25.6 Å². The van der Waals surface area contributed by atoms with E-state index in [9.17, 15) is 4.79 Å². The minimum absolute atomic E-state index is 0.0309. The molecule has 4 nitrogen and oxygen atoms in total. The van der Waals surface area contributed by atoms with Crippen LogP contribution in [0.2, 0.25) is 0 Å². The topological polar surface area (TPSA) is 55.6 Å². The smallest absolute Gasteiger partial charge is 0.224 e. The number of ether oxygens (including phenoxy) is 1. The molecule has 0 aromatic heterocycles. The molecular weight excluding hydrogens is 228 g/mol. The molecule has 0 unspecified atom stereocenters. The van der Waals surface area contributed by atoms with Gasteiger partial charge in [0.25, 0.3) is 0 Å². The van der Waals surface area contributed by atoms with Gasteiger partial charge in [0.15, 0.2) is 0 Å². The molecule has 2 N–H and O–H groups in total. The van der Waals surface area contributed by atoms with Gasteiger partial charge >= 0.3 is 0 Å². The molecule has 0 radical (unpaired) electrons. The van der Waals surface area contributed by atoms with Crippen molar-refractivity contribution in [2.75, 3.05) is 19.6 Å². The fourth-order valence-electron chi connectivity index (χ4n) is 2.29. The van der Waals surface area contributed by atoms with E-state index in [4.69, 9.17) is 10.5 Å². The number of benzene rings is 1. The maximum Gasteiger partial charge on any atom is 0.224 e. The molecule has 1 aliphatic heterocycles. The van der Waals surface area contributed by atoms with Gasteiger partial charge < -0.3 is 15.4 Å². The molecule has 1 saturated heterocycles. The molecule has 0 spiro atoms. The summed E-state index contributed by atoms with van der Waals surface area (Å²) in [6.07, 6.45) is 0.441. The SMILES string of the molecule is C[C@@H]1CN(C(=O)CCN)C[C@H](c2ccccc2)O1. The largest absolute Gasteiger partial charge is 0.367 e. The monoisotopic (exact) mass is 248 g/mol. The van der Waals surface area contributed by atoms with E-state index in [0.717, 1.165) is 5.56 Å². The highest BCUT2D eigenvalue weighted by Gasteiger charge is 2.28. The maximum atomic E-state index is 11.9.